The second-order valence-corrected chi connectivity index (χ2v) is 5.80. The van der Waals surface area contributed by atoms with E-state index in [0.29, 0.717) is 34.7 Å². The van der Waals surface area contributed by atoms with Crippen LogP contribution in [-0.2, 0) is 16.0 Å². The zero-order chi connectivity index (χ0) is 15.9. The number of anilines is 2. The molecule has 0 saturated carbocycles. The van der Waals surface area contributed by atoms with Gasteiger partial charge >= 0.3 is 0 Å². The predicted octanol–water partition coefficient (Wildman–Crippen LogP) is 2.74. The van der Waals surface area contributed by atoms with E-state index in [9.17, 15) is 4.79 Å². The van der Waals surface area contributed by atoms with Crippen LogP contribution >= 0.6 is 23.1 Å². The summed E-state index contributed by atoms with van der Waals surface area (Å²) in [5.74, 6) is 0.510. The van der Waals surface area contributed by atoms with Gasteiger partial charge in [0.1, 0.15) is 5.82 Å². The normalized spacial score (nSPS) is 10.5. The van der Waals surface area contributed by atoms with Crippen LogP contribution in [0.1, 0.15) is 11.4 Å². The van der Waals surface area contributed by atoms with Crippen molar-refractivity contribution < 1.29 is 9.53 Å². The van der Waals surface area contributed by atoms with Crippen LogP contribution in [0.25, 0.3) is 0 Å². The Balaban J connectivity index is 1.83. The SMILES string of the molecule is COCCc1nsc(NCC(=O)Nc2ccc(C)cc2Cl)n1. The molecule has 0 aliphatic heterocycles. The number of carbonyl (C=O) groups is 1. The molecule has 0 spiro atoms. The highest BCUT2D eigenvalue weighted by Gasteiger charge is 2.08. The Labute approximate surface area is 138 Å². The summed E-state index contributed by atoms with van der Waals surface area (Å²) < 4.78 is 9.14. The van der Waals surface area contributed by atoms with Crippen LogP contribution < -0.4 is 10.6 Å². The van der Waals surface area contributed by atoms with Gasteiger partial charge in [0.05, 0.1) is 23.9 Å². The highest BCUT2D eigenvalue weighted by atomic mass is 35.5. The van der Waals surface area contributed by atoms with Gasteiger partial charge in [-0.1, -0.05) is 17.7 Å². The van der Waals surface area contributed by atoms with Gasteiger partial charge in [0.15, 0.2) is 0 Å². The van der Waals surface area contributed by atoms with Crippen LogP contribution in [0.3, 0.4) is 0 Å². The molecule has 0 unspecified atom stereocenters. The molecule has 0 radical (unpaired) electrons. The smallest absolute Gasteiger partial charge is 0.243 e. The van der Waals surface area contributed by atoms with Crippen molar-refractivity contribution in [3.63, 3.8) is 0 Å². The Morgan fingerprint density at radius 1 is 1.45 bits per heavy atom. The molecule has 1 heterocycles. The van der Waals surface area contributed by atoms with Gasteiger partial charge in [-0.3, -0.25) is 4.79 Å². The van der Waals surface area contributed by atoms with Crippen molar-refractivity contribution in [2.24, 2.45) is 0 Å². The summed E-state index contributed by atoms with van der Waals surface area (Å²) in [6, 6.07) is 5.47. The van der Waals surface area contributed by atoms with Gasteiger partial charge in [0.2, 0.25) is 11.0 Å². The Morgan fingerprint density at radius 2 is 2.27 bits per heavy atom. The molecule has 2 rings (SSSR count). The fourth-order valence-electron chi connectivity index (χ4n) is 1.69. The topological polar surface area (TPSA) is 76.1 Å². The first kappa shape index (κ1) is 16.7. The molecule has 0 aliphatic carbocycles. The van der Waals surface area contributed by atoms with Crippen LogP contribution in [0.15, 0.2) is 18.2 Å². The third kappa shape index (κ3) is 4.94. The van der Waals surface area contributed by atoms with Gasteiger partial charge in [0.25, 0.3) is 0 Å². The standard InChI is InChI=1S/C14H17ClN4O2S/c1-9-3-4-11(10(15)7-9)17-13(20)8-16-14-18-12(19-22-14)5-6-21-2/h3-4,7H,5-6,8H2,1-2H3,(H,17,20)(H,16,18,19). The average molecular weight is 341 g/mol. The quantitative estimate of drug-likeness (QED) is 0.810. The number of aryl methyl sites for hydroxylation is 1. The van der Waals surface area contributed by atoms with Crippen molar-refractivity contribution in [2.75, 3.05) is 30.9 Å². The molecule has 118 valence electrons. The number of carbonyl (C=O) groups excluding carboxylic acids is 1. The number of methoxy groups -OCH3 is 1. The van der Waals surface area contributed by atoms with E-state index in [1.165, 1.54) is 11.5 Å². The maximum atomic E-state index is 11.9. The Morgan fingerprint density at radius 3 is 3.00 bits per heavy atom. The number of hydrogen-bond acceptors (Lipinski definition) is 6. The lowest BCUT2D eigenvalue weighted by molar-refractivity contribution is -0.114. The molecule has 6 nitrogen and oxygen atoms in total. The minimum absolute atomic E-state index is 0.100. The van der Waals surface area contributed by atoms with Crippen molar-refractivity contribution in [3.8, 4) is 0 Å². The lowest BCUT2D eigenvalue weighted by atomic mass is 10.2. The van der Waals surface area contributed by atoms with E-state index in [4.69, 9.17) is 16.3 Å². The first-order chi connectivity index (χ1) is 10.6. The van der Waals surface area contributed by atoms with Gasteiger partial charge in [-0.15, -0.1) is 0 Å². The van der Waals surface area contributed by atoms with Gasteiger partial charge in [-0.25, -0.2) is 4.98 Å². The Kier molecular flexibility index (Phi) is 6.11. The van der Waals surface area contributed by atoms with Crippen molar-refractivity contribution in [1.29, 1.82) is 0 Å². The highest BCUT2D eigenvalue weighted by Crippen LogP contribution is 2.22. The molecule has 2 N–H and O–H groups in total. The maximum Gasteiger partial charge on any atom is 0.243 e. The van der Waals surface area contributed by atoms with Crippen molar-refractivity contribution in [3.05, 3.63) is 34.6 Å². The van der Waals surface area contributed by atoms with Gasteiger partial charge in [-0.2, -0.15) is 4.37 Å². The molecule has 0 saturated heterocycles. The summed E-state index contributed by atoms with van der Waals surface area (Å²) in [6.45, 7) is 2.61. The van der Waals surface area contributed by atoms with Gasteiger partial charge < -0.3 is 15.4 Å². The average Bonchev–Trinajstić information content (AvgIpc) is 2.94. The first-order valence-electron chi connectivity index (χ1n) is 6.70. The molecule has 22 heavy (non-hydrogen) atoms. The van der Waals surface area contributed by atoms with E-state index in [1.807, 2.05) is 13.0 Å². The molecular formula is C14H17ClN4O2S. The number of benzene rings is 1. The minimum Gasteiger partial charge on any atom is -0.384 e. The zero-order valence-corrected chi connectivity index (χ0v) is 13.9. The third-order valence-corrected chi connectivity index (χ3v) is 3.82. The second kappa shape index (κ2) is 8.07. The molecule has 1 aromatic carbocycles. The van der Waals surface area contributed by atoms with E-state index in [-0.39, 0.29) is 12.5 Å². The Hall–Kier alpha value is -1.70. The summed E-state index contributed by atoms with van der Waals surface area (Å²) in [6.07, 6.45) is 0.653. The van der Waals surface area contributed by atoms with Crippen LogP contribution in [0.2, 0.25) is 5.02 Å². The number of aromatic nitrogens is 2. The molecule has 1 aromatic heterocycles. The molecule has 2 aromatic rings. The first-order valence-corrected chi connectivity index (χ1v) is 7.85. The van der Waals surface area contributed by atoms with Crippen LogP contribution in [0.5, 0.6) is 0 Å². The van der Waals surface area contributed by atoms with E-state index < -0.39 is 0 Å². The van der Waals surface area contributed by atoms with E-state index >= 15 is 0 Å². The van der Waals surface area contributed by atoms with Gasteiger partial charge in [-0.05, 0) is 24.6 Å². The number of amides is 1. The summed E-state index contributed by atoms with van der Waals surface area (Å²) >= 11 is 7.29. The monoisotopic (exact) mass is 340 g/mol. The van der Waals surface area contributed by atoms with E-state index in [2.05, 4.69) is 20.0 Å². The molecule has 0 bridgehead atoms. The summed E-state index contributed by atoms with van der Waals surface area (Å²) in [5, 5.41) is 6.82. The third-order valence-electron chi connectivity index (χ3n) is 2.80. The lowest BCUT2D eigenvalue weighted by Crippen LogP contribution is -2.21. The maximum absolute atomic E-state index is 11.9. The fourth-order valence-corrected chi connectivity index (χ4v) is 2.58. The fraction of sp³-hybridized carbons (Fsp3) is 0.357. The van der Waals surface area contributed by atoms with Crippen molar-refractivity contribution >= 4 is 39.9 Å². The molecule has 0 fully saturated rings. The number of nitrogens with one attached hydrogen (secondary N) is 2. The molecule has 1 amide bonds. The number of halogens is 1. The number of nitrogens with zero attached hydrogens (tertiary/aromatic N) is 2. The number of ether oxygens (including phenoxy) is 1. The van der Waals surface area contributed by atoms with Crippen LogP contribution in [0.4, 0.5) is 10.8 Å². The molecule has 0 atom stereocenters. The van der Waals surface area contributed by atoms with E-state index in [0.717, 1.165) is 5.56 Å². The second-order valence-electron chi connectivity index (χ2n) is 4.64. The van der Waals surface area contributed by atoms with Crippen molar-refractivity contribution in [1.82, 2.24) is 9.36 Å². The summed E-state index contributed by atoms with van der Waals surface area (Å²) in [5.41, 5.74) is 1.63. The molecular weight excluding hydrogens is 324 g/mol. The lowest BCUT2D eigenvalue weighted by Gasteiger charge is -2.08. The van der Waals surface area contributed by atoms with Crippen molar-refractivity contribution in [2.45, 2.75) is 13.3 Å². The van der Waals surface area contributed by atoms with E-state index in [1.54, 1.807) is 19.2 Å². The Bertz CT molecular complexity index is 648. The van der Waals surface area contributed by atoms with Crippen LogP contribution in [0, 0.1) is 6.92 Å². The number of hydrogen-bond donors (Lipinski definition) is 2. The predicted molar refractivity (Wildman–Crippen MR) is 88.8 cm³/mol. The highest BCUT2D eigenvalue weighted by molar-refractivity contribution is 7.09. The van der Waals surface area contributed by atoms with Crippen LogP contribution in [-0.4, -0.2) is 35.5 Å². The summed E-state index contributed by atoms with van der Waals surface area (Å²) in [7, 11) is 1.63. The summed E-state index contributed by atoms with van der Waals surface area (Å²) in [4.78, 5) is 16.2. The van der Waals surface area contributed by atoms with Gasteiger partial charge in [0, 0.05) is 25.1 Å². The molecule has 0 aliphatic rings. The molecule has 8 heteroatoms. The number of rotatable bonds is 7. The largest absolute Gasteiger partial charge is 0.384 e. The zero-order valence-electron chi connectivity index (χ0n) is 12.4. The minimum atomic E-state index is -0.195.